The molecule has 0 bridgehead atoms. The molecule has 0 radical (unpaired) electrons. The number of carbonyl (C=O) groups excluding carboxylic acids is 2. The van der Waals surface area contributed by atoms with Gasteiger partial charge >= 0.3 is 6.18 Å². The summed E-state index contributed by atoms with van der Waals surface area (Å²) < 4.78 is 40.3. The highest BCUT2D eigenvalue weighted by atomic mass is 32.2. The zero-order valence-electron chi connectivity index (χ0n) is 16.7. The lowest BCUT2D eigenvalue weighted by molar-refractivity contribution is -0.137. The molecule has 32 heavy (non-hydrogen) atoms. The number of alkyl halides is 3. The second kappa shape index (κ2) is 9.07. The van der Waals surface area contributed by atoms with Gasteiger partial charge in [0, 0.05) is 24.1 Å². The van der Waals surface area contributed by atoms with E-state index in [4.69, 9.17) is 0 Å². The van der Waals surface area contributed by atoms with Gasteiger partial charge in [0.2, 0.25) is 11.8 Å². The quantitative estimate of drug-likeness (QED) is 0.582. The van der Waals surface area contributed by atoms with E-state index in [2.05, 4.69) is 15.7 Å². The fourth-order valence-corrected chi connectivity index (χ4v) is 4.35. The van der Waals surface area contributed by atoms with E-state index in [-0.39, 0.29) is 18.0 Å². The van der Waals surface area contributed by atoms with Gasteiger partial charge in [0.05, 0.1) is 28.4 Å². The number of thioether (sulfide) groups is 1. The van der Waals surface area contributed by atoms with Crippen LogP contribution in [-0.2, 0) is 22.2 Å². The molecule has 1 unspecified atom stereocenters. The summed E-state index contributed by atoms with van der Waals surface area (Å²) >= 11 is 1.09. The highest BCUT2D eigenvalue weighted by Gasteiger charge is 2.34. The van der Waals surface area contributed by atoms with Crippen LogP contribution >= 0.6 is 11.8 Å². The zero-order chi connectivity index (χ0) is 22.7. The van der Waals surface area contributed by atoms with Crippen molar-refractivity contribution in [1.29, 1.82) is 0 Å². The van der Waals surface area contributed by atoms with Crippen LogP contribution in [0.1, 0.15) is 17.5 Å². The Hall–Kier alpha value is -3.27. The van der Waals surface area contributed by atoms with Gasteiger partial charge in [-0.25, -0.2) is 4.68 Å². The smallest absolute Gasteiger partial charge is 0.356 e. The number of nitrogens with one attached hydrogen (secondary N) is 2. The highest BCUT2D eigenvalue weighted by molar-refractivity contribution is 8.01. The Balaban J connectivity index is 1.28. The second-order valence-electron chi connectivity index (χ2n) is 7.24. The normalized spacial score (nSPS) is 15.7. The zero-order valence-corrected chi connectivity index (χ0v) is 17.5. The van der Waals surface area contributed by atoms with Gasteiger partial charge in [-0.3, -0.25) is 9.59 Å². The molecule has 4 rings (SSSR count). The van der Waals surface area contributed by atoms with Crippen LogP contribution in [0.5, 0.6) is 0 Å². The van der Waals surface area contributed by atoms with Gasteiger partial charge in [0.1, 0.15) is 0 Å². The van der Waals surface area contributed by atoms with Crippen molar-refractivity contribution in [2.75, 3.05) is 11.9 Å². The molecule has 2 amide bonds. The van der Waals surface area contributed by atoms with Crippen LogP contribution in [-0.4, -0.2) is 33.4 Å². The van der Waals surface area contributed by atoms with E-state index < -0.39 is 22.9 Å². The molecule has 3 aromatic rings. The van der Waals surface area contributed by atoms with Gasteiger partial charge in [-0.1, -0.05) is 18.2 Å². The van der Waals surface area contributed by atoms with Crippen LogP contribution in [0.3, 0.4) is 0 Å². The maximum atomic E-state index is 12.9. The van der Waals surface area contributed by atoms with Crippen molar-refractivity contribution in [2.45, 2.75) is 29.2 Å². The average Bonchev–Trinajstić information content (AvgIpc) is 3.23. The fourth-order valence-electron chi connectivity index (χ4n) is 3.26. The van der Waals surface area contributed by atoms with Crippen molar-refractivity contribution < 1.29 is 22.8 Å². The summed E-state index contributed by atoms with van der Waals surface area (Å²) in [4.78, 5) is 25.1. The molecular formula is C22H19F3N4O2S. The molecular weight excluding hydrogens is 441 g/mol. The molecule has 0 saturated carbocycles. The summed E-state index contributed by atoms with van der Waals surface area (Å²) in [6.45, 7) is 0.379. The molecule has 0 spiro atoms. The lowest BCUT2D eigenvalue weighted by Crippen LogP contribution is -2.35. The molecule has 0 aliphatic carbocycles. The van der Waals surface area contributed by atoms with E-state index >= 15 is 0 Å². The molecule has 2 heterocycles. The number of aromatic nitrogens is 2. The van der Waals surface area contributed by atoms with Crippen molar-refractivity contribution in [2.24, 2.45) is 0 Å². The molecule has 1 atom stereocenters. The highest BCUT2D eigenvalue weighted by Crippen LogP contribution is 2.40. The Morgan fingerprint density at radius 2 is 1.97 bits per heavy atom. The van der Waals surface area contributed by atoms with E-state index in [0.717, 1.165) is 35.1 Å². The minimum atomic E-state index is -4.49. The summed E-state index contributed by atoms with van der Waals surface area (Å²) in [5, 5.41) is 8.86. The van der Waals surface area contributed by atoms with Crippen LogP contribution in [0.4, 0.5) is 18.9 Å². The number of fused-ring (bicyclic) bond motifs is 1. The van der Waals surface area contributed by atoms with Crippen LogP contribution in [0.25, 0.3) is 5.69 Å². The number of rotatable bonds is 6. The number of hydrogen-bond donors (Lipinski definition) is 2. The van der Waals surface area contributed by atoms with Gasteiger partial charge in [0.25, 0.3) is 0 Å². The Kier molecular flexibility index (Phi) is 6.22. The topological polar surface area (TPSA) is 76.0 Å². The number of anilines is 1. The van der Waals surface area contributed by atoms with Crippen molar-refractivity contribution in [3.05, 3.63) is 72.1 Å². The lowest BCUT2D eigenvalue weighted by Gasteiger charge is -2.24. The number of carbonyl (C=O) groups is 2. The minimum Gasteiger partial charge on any atom is -0.356 e. The first-order chi connectivity index (χ1) is 15.3. The van der Waals surface area contributed by atoms with Crippen molar-refractivity contribution in [1.82, 2.24) is 15.1 Å². The molecule has 166 valence electrons. The number of nitrogens with zero attached hydrogens (tertiary/aromatic N) is 2. The molecule has 6 nitrogen and oxygen atoms in total. The summed E-state index contributed by atoms with van der Waals surface area (Å²) in [5.41, 5.74) is 1.17. The van der Waals surface area contributed by atoms with Crippen LogP contribution in [0, 0.1) is 0 Å². The van der Waals surface area contributed by atoms with E-state index in [0.29, 0.717) is 17.9 Å². The van der Waals surface area contributed by atoms with E-state index in [9.17, 15) is 22.8 Å². The molecule has 0 fully saturated rings. The van der Waals surface area contributed by atoms with Crippen LogP contribution in [0.2, 0.25) is 0 Å². The minimum absolute atomic E-state index is 0.0692. The Bertz CT molecular complexity index is 1130. The van der Waals surface area contributed by atoms with Gasteiger partial charge in [0.15, 0.2) is 0 Å². The van der Waals surface area contributed by atoms with Crippen molar-refractivity contribution in [3.63, 3.8) is 0 Å². The predicted molar refractivity (Wildman–Crippen MR) is 115 cm³/mol. The third-order valence-corrected chi connectivity index (χ3v) is 6.17. The SMILES string of the molecule is O=C(CC1Sc2ccc(C(F)(F)F)cc2NC1=O)NCCc1cnn(-c2ccccc2)c1. The summed E-state index contributed by atoms with van der Waals surface area (Å²) in [7, 11) is 0. The number of benzene rings is 2. The molecule has 1 aliphatic heterocycles. The summed E-state index contributed by atoms with van der Waals surface area (Å²) in [6.07, 6.45) is -0.363. The first-order valence-electron chi connectivity index (χ1n) is 9.84. The molecule has 2 N–H and O–H groups in total. The monoisotopic (exact) mass is 460 g/mol. The number of hydrogen-bond acceptors (Lipinski definition) is 4. The maximum Gasteiger partial charge on any atom is 0.416 e. The largest absolute Gasteiger partial charge is 0.416 e. The fraction of sp³-hybridized carbons (Fsp3) is 0.227. The Morgan fingerprint density at radius 3 is 2.72 bits per heavy atom. The van der Waals surface area contributed by atoms with E-state index in [1.807, 2.05) is 36.5 Å². The van der Waals surface area contributed by atoms with Crippen LogP contribution in [0.15, 0.2) is 65.8 Å². The third kappa shape index (κ3) is 5.13. The predicted octanol–water partition coefficient (Wildman–Crippen LogP) is 4.05. The Labute approximate surface area is 186 Å². The van der Waals surface area contributed by atoms with Gasteiger partial charge in [-0.2, -0.15) is 18.3 Å². The maximum absolute atomic E-state index is 12.9. The van der Waals surface area contributed by atoms with Crippen molar-refractivity contribution in [3.8, 4) is 5.69 Å². The third-order valence-electron chi connectivity index (χ3n) is 4.89. The summed E-state index contributed by atoms with van der Waals surface area (Å²) in [6, 6.07) is 12.8. The number of para-hydroxylation sites is 1. The molecule has 1 aliphatic rings. The molecule has 2 aromatic carbocycles. The first kappa shape index (κ1) is 21.9. The van der Waals surface area contributed by atoms with Crippen LogP contribution < -0.4 is 10.6 Å². The van der Waals surface area contributed by atoms with Crippen molar-refractivity contribution >= 4 is 29.3 Å². The molecule has 0 saturated heterocycles. The average molecular weight is 460 g/mol. The van der Waals surface area contributed by atoms with Gasteiger partial charge in [-0.15, -0.1) is 11.8 Å². The molecule has 1 aromatic heterocycles. The van der Waals surface area contributed by atoms with Gasteiger partial charge < -0.3 is 10.6 Å². The Morgan fingerprint density at radius 1 is 1.19 bits per heavy atom. The number of amides is 2. The number of halogens is 3. The second-order valence-corrected chi connectivity index (χ2v) is 8.48. The summed E-state index contributed by atoms with van der Waals surface area (Å²) in [5.74, 6) is -0.787. The van der Waals surface area contributed by atoms with Gasteiger partial charge in [-0.05, 0) is 42.3 Å². The van der Waals surface area contributed by atoms with E-state index in [1.165, 1.54) is 6.07 Å². The first-order valence-corrected chi connectivity index (χ1v) is 10.7. The standard InChI is InChI=1S/C22H19F3N4O2S/c23-22(24,25)15-6-7-18-17(10-15)28-21(31)19(32-18)11-20(30)26-9-8-14-12-27-29(13-14)16-4-2-1-3-5-16/h1-7,10,12-13,19H,8-9,11H2,(H,26,30)(H,28,31). The molecule has 10 heteroatoms. The lowest BCUT2D eigenvalue weighted by atomic mass is 10.1. The van der Waals surface area contributed by atoms with E-state index in [1.54, 1.807) is 10.9 Å².